The first kappa shape index (κ1) is 12.8. The summed E-state index contributed by atoms with van der Waals surface area (Å²) in [6.45, 7) is 1.79. The Balaban J connectivity index is 2.13. The number of hydrogen-bond acceptors (Lipinski definition) is 3. The van der Waals surface area contributed by atoms with Crippen molar-refractivity contribution in [2.24, 2.45) is 0 Å². The van der Waals surface area contributed by atoms with Crippen LogP contribution in [0.15, 0.2) is 41.1 Å². The van der Waals surface area contributed by atoms with Crippen LogP contribution in [0.5, 0.6) is 0 Å². The molecule has 2 aromatic rings. The lowest BCUT2D eigenvalue weighted by Crippen LogP contribution is -2.30. The van der Waals surface area contributed by atoms with Crippen molar-refractivity contribution in [3.63, 3.8) is 0 Å². The summed E-state index contributed by atoms with van der Waals surface area (Å²) < 4.78 is 0. The van der Waals surface area contributed by atoms with Crippen LogP contribution >= 0.6 is 11.3 Å². The molecule has 94 valence electrons. The molecule has 3 nitrogen and oxygen atoms in total. The Labute approximate surface area is 110 Å². The first-order valence-corrected chi connectivity index (χ1v) is 6.66. The molecular weight excluding hydrogens is 246 g/mol. The largest absolute Gasteiger partial charge is 0.394 e. The van der Waals surface area contributed by atoms with E-state index < -0.39 is 0 Å². The molecule has 1 aromatic heterocycles. The lowest BCUT2D eigenvalue weighted by Gasteiger charge is -2.16. The van der Waals surface area contributed by atoms with Crippen molar-refractivity contribution >= 4 is 17.2 Å². The monoisotopic (exact) mass is 261 g/mol. The summed E-state index contributed by atoms with van der Waals surface area (Å²) in [4.78, 5) is 12.1. The fourth-order valence-corrected chi connectivity index (χ4v) is 2.58. The molecule has 1 heterocycles. The lowest BCUT2D eigenvalue weighted by molar-refractivity contribution is 0.0916. The minimum absolute atomic E-state index is 0.112. The zero-order valence-corrected chi connectivity index (χ0v) is 10.9. The van der Waals surface area contributed by atoms with E-state index in [0.717, 1.165) is 11.1 Å². The fraction of sp³-hybridized carbons (Fsp3) is 0.214. The number of benzene rings is 1. The highest BCUT2D eigenvalue weighted by Crippen LogP contribution is 2.16. The van der Waals surface area contributed by atoms with Crippen molar-refractivity contribution in [2.45, 2.75) is 13.0 Å². The van der Waals surface area contributed by atoms with Crippen molar-refractivity contribution in [3.05, 3.63) is 57.8 Å². The van der Waals surface area contributed by atoms with E-state index in [-0.39, 0.29) is 18.6 Å². The van der Waals surface area contributed by atoms with Gasteiger partial charge in [0.15, 0.2) is 0 Å². The van der Waals surface area contributed by atoms with Crippen molar-refractivity contribution in [2.75, 3.05) is 6.61 Å². The van der Waals surface area contributed by atoms with Gasteiger partial charge in [0.25, 0.3) is 5.91 Å². The molecule has 1 atom stereocenters. The zero-order valence-electron chi connectivity index (χ0n) is 10.1. The Morgan fingerprint density at radius 3 is 2.61 bits per heavy atom. The van der Waals surface area contributed by atoms with E-state index in [9.17, 15) is 9.90 Å². The molecule has 0 radical (unpaired) electrons. The molecule has 0 bridgehead atoms. The predicted octanol–water partition coefficient (Wildman–Crippen LogP) is 2.52. The van der Waals surface area contributed by atoms with Crippen molar-refractivity contribution in [3.8, 4) is 0 Å². The summed E-state index contributed by atoms with van der Waals surface area (Å²) in [5, 5.41) is 16.0. The molecule has 0 saturated carbocycles. The lowest BCUT2D eigenvalue weighted by atomic mass is 10.1. The number of nitrogens with one attached hydrogen (secondary N) is 1. The summed E-state index contributed by atoms with van der Waals surface area (Å²) in [5.41, 5.74) is 2.54. The third-order valence-corrected chi connectivity index (χ3v) is 3.65. The van der Waals surface area contributed by atoms with Crippen LogP contribution in [0.25, 0.3) is 0 Å². The third kappa shape index (κ3) is 2.78. The Kier molecular flexibility index (Phi) is 4.12. The van der Waals surface area contributed by atoms with Crippen LogP contribution in [0.1, 0.15) is 27.5 Å². The molecule has 0 fully saturated rings. The fourth-order valence-electron chi connectivity index (χ4n) is 1.75. The Morgan fingerprint density at radius 1 is 1.33 bits per heavy atom. The van der Waals surface area contributed by atoms with Crippen LogP contribution in [0.2, 0.25) is 0 Å². The van der Waals surface area contributed by atoms with Crippen molar-refractivity contribution in [1.29, 1.82) is 0 Å². The number of aliphatic hydroxyl groups is 1. The molecule has 0 unspecified atom stereocenters. The number of carbonyl (C=O) groups excluding carboxylic acids is 1. The standard InChI is InChI=1S/C14H15NO2S/c1-10-8-18-9-12(10)14(17)15-13(7-16)11-5-3-2-4-6-11/h2-6,8-9,13,16H,7H2,1H3,(H,15,17)/t13-/m1/s1. The number of amides is 1. The van der Waals surface area contributed by atoms with E-state index >= 15 is 0 Å². The van der Waals surface area contributed by atoms with E-state index in [4.69, 9.17) is 0 Å². The van der Waals surface area contributed by atoms with Gasteiger partial charge in [-0.2, -0.15) is 11.3 Å². The molecule has 18 heavy (non-hydrogen) atoms. The Bertz CT molecular complexity index is 522. The third-order valence-electron chi connectivity index (χ3n) is 2.79. The topological polar surface area (TPSA) is 49.3 Å². The van der Waals surface area contributed by atoms with Gasteiger partial charge in [-0.3, -0.25) is 4.79 Å². The average molecular weight is 261 g/mol. The number of aliphatic hydroxyl groups excluding tert-OH is 1. The second-order valence-corrected chi connectivity index (χ2v) is 4.83. The number of carbonyl (C=O) groups is 1. The molecule has 0 aliphatic heterocycles. The van der Waals surface area contributed by atoms with E-state index in [0.29, 0.717) is 5.56 Å². The number of hydrogen-bond donors (Lipinski definition) is 2. The quantitative estimate of drug-likeness (QED) is 0.888. The summed E-state index contributed by atoms with van der Waals surface area (Å²) in [7, 11) is 0. The SMILES string of the molecule is Cc1cscc1C(=O)N[C@H](CO)c1ccccc1. The van der Waals surface area contributed by atoms with Crippen molar-refractivity contribution in [1.82, 2.24) is 5.32 Å². The smallest absolute Gasteiger partial charge is 0.252 e. The maximum absolute atomic E-state index is 12.1. The zero-order chi connectivity index (χ0) is 13.0. The maximum atomic E-state index is 12.1. The van der Waals surface area contributed by atoms with Gasteiger partial charge in [-0.05, 0) is 23.4 Å². The molecule has 2 N–H and O–H groups in total. The molecule has 0 saturated heterocycles. The number of rotatable bonds is 4. The van der Waals surface area contributed by atoms with Crippen LogP contribution in [0, 0.1) is 6.92 Å². The second kappa shape index (κ2) is 5.80. The van der Waals surface area contributed by atoms with Gasteiger partial charge >= 0.3 is 0 Å². The summed E-state index contributed by atoms with van der Waals surface area (Å²) >= 11 is 1.50. The molecule has 0 aliphatic rings. The van der Waals surface area contributed by atoms with E-state index in [2.05, 4.69) is 5.32 Å². The molecule has 4 heteroatoms. The van der Waals surface area contributed by atoms with Gasteiger partial charge in [0, 0.05) is 5.38 Å². The minimum Gasteiger partial charge on any atom is -0.394 e. The van der Waals surface area contributed by atoms with Gasteiger partial charge in [-0.15, -0.1) is 0 Å². The first-order valence-electron chi connectivity index (χ1n) is 5.72. The molecule has 1 aromatic carbocycles. The highest BCUT2D eigenvalue weighted by molar-refractivity contribution is 7.08. The Hall–Kier alpha value is -1.65. The van der Waals surface area contributed by atoms with Crippen LogP contribution in [0.3, 0.4) is 0 Å². The summed E-state index contributed by atoms with van der Waals surface area (Å²) in [6, 6.07) is 9.10. The maximum Gasteiger partial charge on any atom is 0.252 e. The van der Waals surface area contributed by atoms with Gasteiger partial charge in [-0.1, -0.05) is 30.3 Å². The molecular formula is C14H15NO2S. The molecule has 0 spiro atoms. The second-order valence-electron chi connectivity index (χ2n) is 4.09. The highest BCUT2D eigenvalue weighted by atomic mass is 32.1. The van der Waals surface area contributed by atoms with Crippen molar-refractivity contribution < 1.29 is 9.90 Å². The number of thiophene rings is 1. The first-order chi connectivity index (χ1) is 8.72. The summed E-state index contributed by atoms with van der Waals surface area (Å²) in [5.74, 6) is -0.142. The Morgan fingerprint density at radius 2 is 2.06 bits per heavy atom. The van der Waals surface area contributed by atoms with Crippen LogP contribution in [-0.4, -0.2) is 17.6 Å². The van der Waals surface area contributed by atoms with Gasteiger partial charge < -0.3 is 10.4 Å². The van der Waals surface area contributed by atoms with Gasteiger partial charge in [0.2, 0.25) is 0 Å². The molecule has 0 aliphatic carbocycles. The summed E-state index contributed by atoms with van der Waals surface area (Å²) in [6.07, 6.45) is 0. The van der Waals surface area contributed by atoms with E-state index in [1.54, 1.807) is 0 Å². The number of aryl methyl sites for hydroxylation is 1. The predicted molar refractivity (Wildman–Crippen MR) is 72.8 cm³/mol. The normalized spacial score (nSPS) is 12.1. The molecule has 2 rings (SSSR count). The van der Waals surface area contributed by atoms with Gasteiger partial charge in [-0.25, -0.2) is 0 Å². The van der Waals surface area contributed by atoms with Gasteiger partial charge in [0.1, 0.15) is 0 Å². The van der Waals surface area contributed by atoms with E-state index in [1.165, 1.54) is 11.3 Å². The molecule has 1 amide bonds. The average Bonchev–Trinajstić information content (AvgIpc) is 2.83. The van der Waals surface area contributed by atoms with E-state index in [1.807, 2.05) is 48.0 Å². The van der Waals surface area contributed by atoms with Crippen LogP contribution < -0.4 is 5.32 Å². The van der Waals surface area contributed by atoms with Crippen LogP contribution in [0.4, 0.5) is 0 Å². The highest BCUT2D eigenvalue weighted by Gasteiger charge is 2.16. The minimum atomic E-state index is -0.363. The van der Waals surface area contributed by atoms with Gasteiger partial charge in [0.05, 0.1) is 18.2 Å². The van der Waals surface area contributed by atoms with Crippen LogP contribution in [-0.2, 0) is 0 Å².